The minimum Gasteiger partial charge on any atom is -0.337 e. The molecular weight excluding hydrogens is 224 g/mol. The molecule has 94 valence electrons. The summed E-state index contributed by atoms with van der Waals surface area (Å²) in [6.07, 6.45) is 18.8. The van der Waals surface area contributed by atoms with Crippen molar-refractivity contribution in [2.24, 2.45) is 11.8 Å². The molecule has 1 aliphatic carbocycles. The number of hydrogen-bond acceptors (Lipinski definition) is 2. The summed E-state index contributed by atoms with van der Waals surface area (Å²) in [5.74, 6) is 1.30. The minimum atomic E-state index is 0.651. The summed E-state index contributed by atoms with van der Waals surface area (Å²) in [6.45, 7) is 2.10. The molecule has 4 nitrogen and oxygen atoms in total. The van der Waals surface area contributed by atoms with E-state index in [1.54, 1.807) is 0 Å². The van der Waals surface area contributed by atoms with E-state index < -0.39 is 0 Å². The van der Waals surface area contributed by atoms with E-state index in [0.29, 0.717) is 11.8 Å². The maximum Gasteiger partial charge on any atom is 0.0946 e. The Hall–Kier alpha value is -1.84. The number of rotatable bonds is 4. The number of hydrogen-bond donors (Lipinski definition) is 0. The predicted octanol–water partition coefficient (Wildman–Crippen LogP) is 2.36. The molecule has 0 fully saturated rings. The van der Waals surface area contributed by atoms with Gasteiger partial charge in [-0.05, 0) is 24.7 Å². The van der Waals surface area contributed by atoms with Gasteiger partial charge in [0.25, 0.3) is 0 Å². The smallest absolute Gasteiger partial charge is 0.0946 e. The summed E-state index contributed by atoms with van der Waals surface area (Å²) in [5.41, 5.74) is 0. The van der Waals surface area contributed by atoms with Gasteiger partial charge in [-0.15, -0.1) is 0 Å². The van der Waals surface area contributed by atoms with Crippen molar-refractivity contribution in [3.63, 3.8) is 0 Å². The van der Waals surface area contributed by atoms with Crippen molar-refractivity contribution in [1.29, 1.82) is 0 Å². The largest absolute Gasteiger partial charge is 0.337 e. The zero-order chi connectivity index (χ0) is 12.2. The minimum absolute atomic E-state index is 0.651. The van der Waals surface area contributed by atoms with Crippen molar-refractivity contribution in [2.45, 2.75) is 25.9 Å². The average molecular weight is 242 g/mol. The Labute approximate surface area is 107 Å². The van der Waals surface area contributed by atoms with E-state index in [1.165, 1.54) is 12.8 Å². The van der Waals surface area contributed by atoms with E-state index in [0.717, 1.165) is 13.1 Å². The van der Waals surface area contributed by atoms with Crippen molar-refractivity contribution < 1.29 is 0 Å². The lowest BCUT2D eigenvalue weighted by molar-refractivity contribution is 0.386. The maximum atomic E-state index is 4.08. The lowest BCUT2D eigenvalue weighted by Gasteiger charge is -2.23. The van der Waals surface area contributed by atoms with E-state index in [-0.39, 0.29) is 0 Å². The highest BCUT2D eigenvalue weighted by atomic mass is 15.0. The fourth-order valence-electron chi connectivity index (χ4n) is 2.57. The van der Waals surface area contributed by atoms with Crippen molar-refractivity contribution >= 4 is 0 Å². The van der Waals surface area contributed by atoms with Crippen LogP contribution in [0, 0.1) is 11.8 Å². The quantitative estimate of drug-likeness (QED) is 0.772. The van der Waals surface area contributed by atoms with Crippen molar-refractivity contribution in [2.75, 3.05) is 0 Å². The third-order valence-corrected chi connectivity index (χ3v) is 3.57. The first kappa shape index (κ1) is 11.3. The van der Waals surface area contributed by atoms with Crippen LogP contribution in [-0.2, 0) is 13.1 Å². The summed E-state index contributed by atoms with van der Waals surface area (Å²) < 4.78 is 4.32. The van der Waals surface area contributed by atoms with Gasteiger partial charge in [-0.1, -0.05) is 12.2 Å². The summed E-state index contributed by atoms with van der Waals surface area (Å²) in [4.78, 5) is 8.16. The number of imidazole rings is 2. The van der Waals surface area contributed by atoms with Gasteiger partial charge in [0.1, 0.15) is 0 Å². The number of aromatic nitrogens is 4. The molecule has 2 aromatic rings. The van der Waals surface area contributed by atoms with Crippen LogP contribution in [0.25, 0.3) is 0 Å². The van der Waals surface area contributed by atoms with Gasteiger partial charge < -0.3 is 9.13 Å². The van der Waals surface area contributed by atoms with E-state index in [1.807, 2.05) is 37.4 Å². The molecule has 0 saturated heterocycles. The Morgan fingerprint density at radius 2 is 1.33 bits per heavy atom. The Morgan fingerprint density at radius 3 is 1.67 bits per heavy atom. The van der Waals surface area contributed by atoms with Crippen LogP contribution in [0.3, 0.4) is 0 Å². The zero-order valence-corrected chi connectivity index (χ0v) is 10.4. The molecule has 18 heavy (non-hydrogen) atoms. The molecule has 0 radical (unpaired) electrons. The highest BCUT2D eigenvalue weighted by molar-refractivity contribution is 4.98. The first-order chi connectivity index (χ1) is 8.90. The van der Waals surface area contributed by atoms with Gasteiger partial charge in [0, 0.05) is 37.9 Å². The lowest BCUT2D eigenvalue weighted by atomic mass is 9.88. The highest BCUT2D eigenvalue weighted by Crippen LogP contribution is 2.24. The van der Waals surface area contributed by atoms with E-state index in [9.17, 15) is 0 Å². The monoisotopic (exact) mass is 242 g/mol. The molecule has 4 heteroatoms. The van der Waals surface area contributed by atoms with Crippen molar-refractivity contribution in [3.8, 4) is 0 Å². The van der Waals surface area contributed by atoms with Crippen LogP contribution in [0.5, 0.6) is 0 Å². The second-order valence-corrected chi connectivity index (χ2v) is 5.00. The van der Waals surface area contributed by atoms with Crippen LogP contribution in [0.15, 0.2) is 49.6 Å². The summed E-state index contributed by atoms with van der Waals surface area (Å²) in [5, 5.41) is 0. The molecule has 0 spiro atoms. The Kier molecular flexibility index (Phi) is 3.26. The second kappa shape index (κ2) is 5.21. The van der Waals surface area contributed by atoms with Crippen LogP contribution in [-0.4, -0.2) is 19.1 Å². The topological polar surface area (TPSA) is 35.6 Å². The fourth-order valence-corrected chi connectivity index (χ4v) is 2.57. The first-order valence-corrected chi connectivity index (χ1v) is 6.50. The first-order valence-electron chi connectivity index (χ1n) is 6.50. The van der Waals surface area contributed by atoms with Gasteiger partial charge in [0.15, 0.2) is 0 Å². The molecule has 2 atom stereocenters. The Morgan fingerprint density at radius 1 is 0.833 bits per heavy atom. The van der Waals surface area contributed by atoms with Crippen LogP contribution in [0.2, 0.25) is 0 Å². The third kappa shape index (κ3) is 2.70. The van der Waals surface area contributed by atoms with Gasteiger partial charge in [-0.25, -0.2) is 9.97 Å². The molecule has 0 amide bonds. The van der Waals surface area contributed by atoms with E-state index >= 15 is 0 Å². The van der Waals surface area contributed by atoms with Gasteiger partial charge in [0.2, 0.25) is 0 Å². The predicted molar refractivity (Wildman–Crippen MR) is 69.8 cm³/mol. The third-order valence-electron chi connectivity index (χ3n) is 3.57. The Balaban J connectivity index is 1.54. The number of allylic oxidation sites excluding steroid dienone is 2. The molecule has 2 aromatic heterocycles. The van der Waals surface area contributed by atoms with Gasteiger partial charge in [0.05, 0.1) is 12.7 Å². The van der Waals surface area contributed by atoms with Gasteiger partial charge in [-0.2, -0.15) is 0 Å². The standard InChI is InChI=1S/C14H18N4/c1-2-14(10-18-8-6-16-12-18)4-3-13(1)9-17-7-5-15-11-17/h1-2,5-8,11-14H,3-4,9-10H2/t13-,14+. The molecule has 2 heterocycles. The molecule has 0 unspecified atom stereocenters. The molecule has 0 bridgehead atoms. The average Bonchev–Trinajstić information content (AvgIpc) is 3.05. The summed E-state index contributed by atoms with van der Waals surface area (Å²) >= 11 is 0. The fraction of sp³-hybridized carbons (Fsp3) is 0.429. The molecule has 0 N–H and O–H groups in total. The number of nitrogens with zero attached hydrogens (tertiary/aromatic N) is 4. The van der Waals surface area contributed by atoms with E-state index in [2.05, 4.69) is 31.3 Å². The van der Waals surface area contributed by atoms with Crippen LogP contribution in [0.4, 0.5) is 0 Å². The molecule has 0 saturated carbocycles. The van der Waals surface area contributed by atoms with Crippen molar-refractivity contribution in [3.05, 3.63) is 49.6 Å². The highest BCUT2D eigenvalue weighted by Gasteiger charge is 2.16. The molecular formula is C14H18N4. The Bertz CT molecular complexity index is 438. The summed E-state index contributed by atoms with van der Waals surface area (Å²) in [7, 11) is 0. The maximum absolute atomic E-state index is 4.08. The van der Waals surface area contributed by atoms with Crippen molar-refractivity contribution in [1.82, 2.24) is 19.1 Å². The van der Waals surface area contributed by atoms with Crippen LogP contribution >= 0.6 is 0 Å². The van der Waals surface area contributed by atoms with Gasteiger partial charge >= 0.3 is 0 Å². The lowest BCUT2D eigenvalue weighted by Crippen LogP contribution is -2.16. The molecule has 0 aliphatic heterocycles. The SMILES string of the molecule is C1=C[C@H](Cn2ccnc2)CC[C@@H]1Cn1ccnc1. The van der Waals surface area contributed by atoms with Crippen LogP contribution < -0.4 is 0 Å². The molecule has 1 aliphatic rings. The van der Waals surface area contributed by atoms with E-state index in [4.69, 9.17) is 0 Å². The van der Waals surface area contributed by atoms with Crippen LogP contribution in [0.1, 0.15) is 12.8 Å². The van der Waals surface area contributed by atoms with Gasteiger partial charge in [-0.3, -0.25) is 0 Å². The second-order valence-electron chi connectivity index (χ2n) is 5.00. The molecule has 3 rings (SSSR count). The summed E-state index contributed by atoms with van der Waals surface area (Å²) in [6, 6.07) is 0. The molecule has 0 aromatic carbocycles. The zero-order valence-electron chi connectivity index (χ0n) is 10.4. The normalized spacial score (nSPS) is 23.3.